The number of carbonyl (C=O) groups excluding carboxylic acids is 1. The largest absolute Gasteiger partial charge is 0.497 e. The minimum Gasteiger partial charge on any atom is -0.497 e. The Morgan fingerprint density at radius 1 is 0.929 bits per heavy atom. The standard InChI is InChI=1S/C32H30N2O7S/c1-6-41-31(36)26-27(20-11-8-7-9-12-20)33-32-34(28(26)21-13-10-14-22(18-21)37-2)30(35)25(42-32)17-19-15-23(38-3)29(40-5)24(16-19)39-4/h7-18,28H,6H2,1-5H3/t28-/m0/s1. The number of fused-ring (bicyclic) bond motifs is 1. The zero-order chi connectivity index (χ0) is 29.8. The molecule has 0 amide bonds. The summed E-state index contributed by atoms with van der Waals surface area (Å²) in [6, 6.07) is 19.4. The van der Waals surface area contributed by atoms with Crippen LogP contribution in [0.15, 0.2) is 82.1 Å². The van der Waals surface area contributed by atoms with Gasteiger partial charge in [0.15, 0.2) is 16.3 Å². The number of ether oxygens (including phenoxy) is 5. The van der Waals surface area contributed by atoms with Gasteiger partial charge in [-0.25, -0.2) is 9.79 Å². The SMILES string of the molecule is CCOC(=O)C1=C(c2ccccc2)N=c2sc(=Cc3cc(OC)c(OC)c(OC)c3)c(=O)n2[C@H]1c1cccc(OC)c1. The van der Waals surface area contributed by atoms with Crippen molar-refractivity contribution in [2.75, 3.05) is 35.0 Å². The van der Waals surface area contributed by atoms with Crippen LogP contribution in [0.5, 0.6) is 23.0 Å². The van der Waals surface area contributed by atoms with Crippen molar-refractivity contribution in [2.24, 2.45) is 4.99 Å². The van der Waals surface area contributed by atoms with Crippen molar-refractivity contribution in [3.8, 4) is 23.0 Å². The third-order valence-electron chi connectivity index (χ3n) is 6.77. The van der Waals surface area contributed by atoms with E-state index in [1.165, 1.54) is 32.7 Å². The molecule has 0 spiro atoms. The summed E-state index contributed by atoms with van der Waals surface area (Å²) in [5.74, 6) is 1.41. The summed E-state index contributed by atoms with van der Waals surface area (Å²) in [6.45, 7) is 1.91. The summed E-state index contributed by atoms with van der Waals surface area (Å²) < 4.78 is 29.4. The predicted octanol–water partition coefficient (Wildman–Crippen LogP) is 3.97. The van der Waals surface area contributed by atoms with Gasteiger partial charge in [0.05, 0.1) is 56.9 Å². The molecule has 10 heteroatoms. The summed E-state index contributed by atoms with van der Waals surface area (Å²) in [5.41, 5.74) is 2.48. The number of aromatic nitrogens is 1. The molecule has 0 fully saturated rings. The zero-order valence-electron chi connectivity index (χ0n) is 23.9. The summed E-state index contributed by atoms with van der Waals surface area (Å²) in [7, 11) is 6.16. The molecule has 2 heterocycles. The Labute approximate surface area is 246 Å². The highest BCUT2D eigenvalue weighted by Gasteiger charge is 2.35. The maximum absolute atomic E-state index is 14.1. The Morgan fingerprint density at radius 2 is 1.64 bits per heavy atom. The molecule has 0 saturated heterocycles. The van der Waals surface area contributed by atoms with Gasteiger partial charge in [-0.1, -0.05) is 53.8 Å². The molecule has 0 N–H and O–H groups in total. The van der Waals surface area contributed by atoms with Crippen molar-refractivity contribution in [3.63, 3.8) is 0 Å². The average Bonchev–Trinajstić information content (AvgIpc) is 3.34. The molecule has 5 rings (SSSR count). The van der Waals surface area contributed by atoms with Crippen LogP contribution in [0.25, 0.3) is 11.8 Å². The summed E-state index contributed by atoms with van der Waals surface area (Å²) in [4.78, 5) is 33.1. The van der Waals surface area contributed by atoms with Gasteiger partial charge < -0.3 is 23.7 Å². The van der Waals surface area contributed by atoms with Crippen LogP contribution in [0, 0.1) is 0 Å². The van der Waals surface area contributed by atoms with Crippen molar-refractivity contribution in [1.29, 1.82) is 0 Å². The van der Waals surface area contributed by atoms with E-state index in [0.717, 1.165) is 5.56 Å². The molecule has 0 unspecified atom stereocenters. The number of thiazole rings is 1. The second-order valence-corrected chi connectivity index (χ2v) is 10.2. The van der Waals surface area contributed by atoms with Crippen LogP contribution in [0.1, 0.15) is 29.7 Å². The quantitative estimate of drug-likeness (QED) is 0.274. The number of hydrogen-bond acceptors (Lipinski definition) is 9. The first-order valence-electron chi connectivity index (χ1n) is 13.2. The van der Waals surface area contributed by atoms with Gasteiger partial charge in [0, 0.05) is 5.56 Å². The first kappa shape index (κ1) is 28.7. The first-order valence-corrected chi connectivity index (χ1v) is 14.0. The molecule has 0 saturated carbocycles. The number of carbonyl (C=O) groups is 1. The van der Waals surface area contributed by atoms with Gasteiger partial charge in [-0.3, -0.25) is 9.36 Å². The molecule has 9 nitrogen and oxygen atoms in total. The predicted molar refractivity (Wildman–Crippen MR) is 160 cm³/mol. The highest BCUT2D eigenvalue weighted by molar-refractivity contribution is 7.07. The molecule has 1 aliphatic heterocycles. The van der Waals surface area contributed by atoms with Crippen LogP contribution in [-0.2, 0) is 9.53 Å². The number of methoxy groups -OCH3 is 4. The number of esters is 1. The van der Waals surface area contributed by atoms with Crippen LogP contribution in [0.4, 0.5) is 0 Å². The molecule has 216 valence electrons. The molecule has 42 heavy (non-hydrogen) atoms. The lowest BCUT2D eigenvalue weighted by Gasteiger charge is -2.26. The molecular formula is C32H30N2O7S. The van der Waals surface area contributed by atoms with E-state index in [1.807, 2.05) is 54.6 Å². The Hall–Kier alpha value is -4.83. The Morgan fingerprint density at radius 3 is 2.26 bits per heavy atom. The van der Waals surface area contributed by atoms with E-state index < -0.39 is 12.0 Å². The molecule has 1 aromatic heterocycles. The smallest absolute Gasteiger partial charge is 0.338 e. The maximum atomic E-state index is 14.1. The summed E-state index contributed by atoms with van der Waals surface area (Å²) in [5, 5.41) is 0. The molecule has 0 aliphatic carbocycles. The van der Waals surface area contributed by atoms with Gasteiger partial charge >= 0.3 is 5.97 Å². The fraction of sp³-hybridized carbons (Fsp3) is 0.219. The Bertz CT molecular complexity index is 1820. The first-order chi connectivity index (χ1) is 20.4. The van der Waals surface area contributed by atoms with Gasteiger partial charge in [-0.05, 0) is 48.4 Å². The highest BCUT2D eigenvalue weighted by atomic mass is 32.1. The number of nitrogens with zero attached hydrogens (tertiary/aromatic N) is 2. The van der Waals surface area contributed by atoms with Crippen molar-refractivity contribution >= 4 is 29.1 Å². The minimum absolute atomic E-state index is 0.167. The van der Waals surface area contributed by atoms with Gasteiger partial charge in [0.2, 0.25) is 5.75 Å². The Balaban J connectivity index is 1.82. The topological polar surface area (TPSA) is 97.6 Å². The molecular weight excluding hydrogens is 556 g/mol. The fourth-order valence-corrected chi connectivity index (χ4v) is 5.90. The number of benzene rings is 3. The highest BCUT2D eigenvalue weighted by Crippen LogP contribution is 2.39. The third kappa shape index (κ3) is 5.28. The van der Waals surface area contributed by atoms with Gasteiger partial charge in [0.1, 0.15) is 5.75 Å². The monoisotopic (exact) mass is 586 g/mol. The zero-order valence-corrected chi connectivity index (χ0v) is 24.7. The van der Waals surface area contributed by atoms with Crippen LogP contribution < -0.4 is 33.8 Å². The summed E-state index contributed by atoms with van der Waals surface area (Å²) >= 11 is 1.23. The summed E-state index contributed by atoms with van der Waals surface area (Å²) in [6.07, 6.45) is 1.74. The van der Waals surface area contributed by atoms with Crippen molar-refractivity contribution in [2.45, 2.75) is 13.0 Å². The van der Waals surface area contributed by atoms with Gasteiger partial charge in [0.25, 0.3) is 5.56 Å². The molecule has 3 aromatic carbocycles. The number of hydrogen-bond donors (Lipinski definition) is 0. The van der Waals surface area contributed by atoms with E-state index in [1.54, 1.807) is 36.8 Å². The Kier molecular flexibility index (Phi) is 8.44. The van der Waals surface area contributed by atoms with Crippen molar-refractivity contribution < 1.29 is 28.5 Å². The lowest BCUT2D eigenvalue weighted by molar-refractivity contribution is -0.138. The van der Waals surface area contributed by atoms with E-state index >= 15 is 0 Å². The molecule has 1 aliphatic rings. The van der Waals surface area contributed by atoms with Crippen molar-refractivity contribution in [1.82, 2.24) is 4.57 Å². The van der Waals surface area contributed by atoms with E-state index in [4.69, 9.17) is 28.7 Å². The second-order valence-electron chi connectivity index (χ2n) is 9.17. The molecule has 4 aromatic rings. The third-order valence-corrected chi connectivity index (χ3v) is 7.75. The van der Waals surface area contributed by atoms with Crippen LogP contribution >= 0.6 is 11.3 Å². The van der Waals surface area contributed by atoms with Crippen LogP contribution in [0.3, 0.4) is 0 Å². The minimum atomic E-state index is -0.812. The van der Waals surface area contributed by atoms with E-state index in [-0.39, 0.29) is 17.7 Å². The average molecular weight is 587 g/mol. The lowest BCUT2D eigenvalue weighted by Crippen LogP contribution is -2.40. The van der Waals surface area contributed by atoms with E-state index in [2.05, 4.69) is 0 Å². The molecule has 1 atom stereocenters. The van der Waals surface area contributed by atoms with E-state index in [0.29, 0.717) is 49.2 Å². The van der Waals surface area contributed by atoms with Gasteiger partial charge in [-0.15, -0.1) is 0 Å². The van der Waals surface area contributed by atoms with E-state index in [9.17, 15) is 9.59 Å². The van der Waals surface area contributed by atoms with Crippen LogP contribution in [-0.4, -0.2) is 45.6 Å². The van der Waals surface area contributed by atoms with Crippen LogP contribution in [0.2, 0.25) is 0 Å². The van der Waals surface area contributed by atoms with Crippen molar-refractivity contribution in [3.05, 3.63) is 109 Å². The number of rotatable bonds is 9. The normalized spacial score (nSPS) is 14.6. The molecule has 0 bridgehead atoms. The fourth-order valence-electron chi connectivity index (χ4n) is 4.90. The second kappa shape index (κ2) is 12.4. The molecule has 0 radical (unpaired) electrons. The maximum Gasteiger partial charge on any atom is 0.338 e. The lowest BCUT2D eigenvalue weighted by atomic mass is 9.93. The van der Waals surface area contributed by atoms with Gasteiger partial charge in [-0.2, -0.15) is 0 Å².